The molecule has 0 spiro atoms. The van der Waals surface area contributed by atoms with Crippen LogP contribution in [-0.2, 0) is 20.0 Å². The van der Waals surface area contributed by atoms with Crippen LogP contribution < -0.4 is 9.46 Å². The lowest BCUT2D eigenvalue weighted by Crippen LogP contribution is -2.48. The Hall–Kier alpha value is -2.14. The third kappa shape index (κ3) is 5.56. The number of hydrogen-bond donors (Lipinski definition) is 1. The van der Waals surface area contributed by atoms with E-state index >= 15 is 0 Å². The molecular formula is C24H33N3O5S2. The quantitative estimate of drug-likeness (QED) is 0.529. The third-order valence-electron chi connectivity index (χ3n) is 6.42. The Kier molecular flexibility index (Phi) is 7.51. The van der Waals surface area contributed by atoms with Gasteiger partial charge < -0.3 is 9.64 Å². The molecule has 1 aliphatic heterocycles. The topological polar surface area (TPSA) is 96.0 Å². The second-order valence-corrected chi connectivity index (χ2v) is 12.5. The largest absolute Gasteiger partial charge is 0.497 e. The van der Waals surface area contributed by atoms with Crippen LogP contribution in [0.25, 0.3) is 0 Å². The van der Waals surface area contributed by atoms with E-state index in [1.165, 1.54) is 43.5 Å². The summed E-state index contributed by atoms with van der Waals surface area (Å²) in [6.07, 6.45) is 4.58. The number of ether oxygens (including phenoxy) is 1. The lowest BCUT2D eigenvalue weighted by Gasteiger charge is -2.38. The van der Waals surface area contributed by atoms with Gasteiger partial charge in [0.05, 0.1) is 16.9 Å². The standard InChI is InChI=1S/C24H33N3O5S2/c1-3-16-26-17-14-21(15-18-26)27(20-6-7-20)34(30,31)24-10-4-19(5-11-24)25-33(28,29)23-12-8-22(32-2)9-13-23/h4-5,8-13,20-21,25H,3,6-7,14-18H2,1-2H3. The van der Waals surface area contributed by atoms with Gasteiger partial charge in [-0.3, -0.25) is 4.72 Å². The fraction of sp³-hybridized carbons (Fsp3) is 0.500. The highest BCUT2D eigenvalue weighted by Crippen LogP contribution is 2.37. The van der Waals surface area contributed by atoms with E-state index in [9.17, 15) is 16.8 Å². The van der Waals surface area contributed by atoms with E-state index in [1.807, 2.05) is 0 Å². The van der Waals surface area contributed by atoms with E-state index in [-0.39, 0.29) is 21.9 Å². The highest BCUT2D eigenvalue weighted by molar-refractivity contribution is 7.92. The van der Waals surface area contributed by atoms with E-state index in [0.717, 1.165) is 51.7 Å². The maximum atomic E-state index is 13.6. The van der Waals surface area contributed by atoms with E-state index < -0.39 is 20.0 Å². The van der Waals surface area contributed by atoms with Crippen LogP contribution in [0, 0.1) is 0 Å². The van der Waals surface area contributed by atoms with E-state index in [1.54, 1.807) is 16.4 Å². The zero-order valence-electron chi connectivity index (χ0n) is 19.7. The van der Waals surface area contributed by atoms with Gasteiger partial charge in [0.15, 0.2) is 0 Å². The van der Waals surface area contributed by atoms with Gasteiger partial charge in [0.2, 0.25) is 10.0 Å². The molecule has 1 saturated carbocycles. The van der Waals surface area contributed by atoms with Crippen LogP contribution in [0.5, 0.6) is 5.75 Å². The van der Waals surface area contributed by atoms with Crippen LogP contribution in [0.4, 0.5) is 5.69 Å². The Morgan fingerprint density at radius 3 is 1.97 bits per heavy atom. The summed E-state index contributed by atoms with van der Waals surface area (Å²) in [5.41, 5.74) is 0.306. The molecule has 2 aliphatic rings. The molecule has 8 nitrogen and oxygen atoms in total. The predicted octanol–water partition coefficient (Wildman–Crippen LogP) is 3.52. The molecule has 0 aromatic heterocycles. The summed E-state index contributed by atoms with van der Waals surface area (Å²) in [6.45, 7) is 5.05. The summed E-state index contributed by atoms with van der Waals surface area (Å²) in [7, 11) is -5.96. The molecule has 0 amide bonds. The summed E-state index contributed by atoms with van der Waals surface area (Å²) in [6, 6.07) is 12.1. The number of sulfonamides is 2. The second kappa shape index (κ2) is 10.2. The van der Waals surface area contributed by atoms with Crippen molar-refractivity contribution >= 4 is 25.7 Å². The molecule has 186 valence electrons. The maximum absolute atomic E-state index is 13.6. The smallest absolute Gasteiger partial charge is 0.261 e. The molecule has 0 radical (unpaired) electrons. The molecule has 1 heterocycles. The van der Waals surface area contributed by atoms with Gasteiger partial charge in [0, 0.05) is 17.8 Å². The molecule has 0 unspecified atom stereocenters. The first-order valence-electron chi connectivity index (χ1n) is 11.8. The Morgan fingerprint density at radius 1 is 0.882 bits per heavy atom. The van der Waals surface area contributed by atoms with Crippen molar-refractivity contribution in [3.05, 3.63) is 48.5 Å². The monoisotopic (exact) mass is 507 g/mol. The number of anilines is 1. The average Bonchev–Trinajstić information content (AvgIpc) is 3.65. The van der Waals surface area contributed by atoms with Crippen LogP contribution in [0.15, 0.2) is 58.3 Å². The van der Waals surface area contributed by atoms with Gasteiger partial charge in [-0.15, -0.1) is 0 Å². The third-order valence-corrected chi connectivity index (χ3v) is 9.83. The fourth-order valence-electron chi connectivity index (χ4n) is 4.52. The van der Waals surface area contributed by atoms with Crippen molar-refractivity contribution in [2.75, 3.05) is 31.5 Å². The molecular weight excluding hydrogens is 474 g/mol. The molecule has 0 atom stereocenters. The molecule has 2 fully saturated rings. The van der Waals surface area contributed by atoms with Crippen molar-refractivity contribution in [1.29, 1.82) is 0 Å². The molecule has 2 aromatic carbocycles. The van der Waals surface area contributed by atoms with Crippen molar-refractivity contribution < 1.29 is 21.6 Å². The van der Waals surface area contributed by atoms with E-state index in [4.69, 9.17) is 4.74 Å². The van der Waals surface area contributed by atoms with Crippen molar-refractivity contribution in [2.45, 2.75) is 60.9 Å². The molecule has 2 aromatic rings. The summed E-state index contributed by atoms with van der Waals surface area (Å²) in [5, 5.41) is 0. The lowest BCUT2D eigenvalue weighted by atomic mass is 10.0. The Bertz CT molecular complexity index is 1170. The van der Waals surface area contributed by atoms with Gasteiger partial charge in [0.1, 0.15) is 5.75 Å². The molecule has 1 aliphatic carbocycles. The SMILES string of the molecule is CCCN1CCC(N(C2CC2)S(=O)(=O)c2ccc(NS(=O)(=O)c3ccc(OC)cc3)cc2)CC1. The Labute approximate surface area is 203 Å². The zero-order chi connectivity index (χ0) is 24.3. The summed E-state index contributed by atoms with van der Waals surface area (Å²) in [4.78, 5) is 2.69. The summed E-state index contributed by atoms with van der Waals surface area (Å²) in [5.74, 6) is 0.560. The van der Waals surface area contributed by atoms with Gasteiger partial charge >= 0.3 is 0 Å². The van der Waals surface area contributed by atoms with Crippen LogP contribution in [0.3, 0.4) is 0 Å². The van der Waals surface area contributed by atoms with Crippen LogP contribution in [0.2, 0.25) is 0 Å². The summed E-state index contributed by atoms with van der Waals surface area (Å²) < 4.78 is 61.8. The van der Waals surface area contributed by atoms with Gasteiger partial charge in [-0.05, 0) is 100 Å². The molecule has 4 rings (SSSR count). The number of benzene rings is 2. The Balaban J connectivity index is 1.48. The lowest BCUT2D eigenvalue weighted by molar-refractivity contribution is 0.156. The van der Waals surface area contributed by atoms with Crippen molar-refractivity contribution in [3.8, 4) is 5.75 Å². The number of nitrogens with zero attached hydrogens (tertiary/aromatic N) is 2. The number of likely N-dealkylation sites (tertiary alicyclic amines) is 1. The first kappa shape index (κ1) is 25.0. The van der Waals surface area contributed by atoms with Crippen molar-refractivity contribution in [3.63, 3.8) is 0 Å². The minimum Gasteiger partial charge on any atom is -0.497 e. The molecule has 1 N–H and O–H groups in total. The van der Waals surface area contributed by atoms with Gasteiger partial charge in [0.25, 0.3) is 10.0 Å². The first-order valence-corrected chi connectivity index (χ1v) is 14.7. The molecule has 34 heavy (non-hydrogen) atoms. The predicted molar refractivity (Wildman–Crippen MR) is 132 cm³/mol. The minimum absolute atomic E-state index is 0.0128. The highest BCUT2D eigenvalue weighted by atomic mass is 32.2. The number of hydrogen-bond acceptors (Lipinski definition) is 6. The van der Waals surface area contributed by atoms with Gasteiger partial charge in [-0.2, -0.15) is 4.31 Å². The Morgan fingerprint density at radius 2 is 1.44 bits per heavy atom. The molecule has 0 bridgehead atoms. The molecule has 10 heteroatoms. The van der Waals surface area contributed by atoms with Crippen LogP contribution in [0.1, 0.15) is 39.0 Å². The summed E-state index contributed by atoms with van der Waals surface area (Å²) >= 11 is 0. The number of methoxy groups -OCH3 is 1. The van der Waals surface area contributed by atoms with Gasteiger partial charge in [-0.1, -0.05) is 6.92 Å². The minimum atomic E-state index is -3.80. The number of piperidine rings is 1. The maximum Gasteiger partial charge on any atom is 0.261 e. The van der Waals surface area contributed by atoms with E-state index in [2.05, 4.69) is 16.5 Å². The van der Waals surface area contributed by atoms with Gasteiger partial charge in [-0.25, -0.2) is 16.8 Å². The van der Waals surface area contributed by atoms with Crippen molar-refractivity contribution in [1.82, 2.24) is 9.21 Å². The number of nitrogens with one attached hydrogen (secondary N) is 1. The normalized spacial score (nSPS) is 18.2. The fourth-order valence-corrected chi connectivity index (χ4v) is 7.51. The highest BCUT2D eigenvalue weighted by Gasteiger charge is 2.43. The zero-order valence-corrected chi connectivity index (χ0v) is 21.3. The van der Waals surface area contributed by atoms with E-state index in [0.29, 0.717) is 11.4 Å². The second-order valence-electron chi connectivity index (χ2n) is 8.94. The van der Waals surface area contributed by atoms with Crippen LogP contribution >= 0.6 is 0 Å². The first-order chi connectivity index (χ1) is 16.2. The average molecular weight is 508 g/mol. The molecule has 1 saturated heterocycles. The number of rotatable bonds is 10. The van der Waals surface area contributed by atoms with Crippen LogP contribution in [-0.4, -0.2) is 64.9 Å². The van der Waals surface area contributed by atoms with Crippen molar-refractivity contribution in [2.24, 2.45) is 0 Å².